The minimum absolute atomic E-state index is 0.0904. The number of carbonyl (C=O) groups excluding carboxylic acids is 1. The van der Waals surface area contributed by atoms with Gasteiger partial charge >= 0.3 is 5.97 Å². The smallest absolute Gasteiger partial charge is 0.336 e. The predicted molar refractivity (Wildman–Crippen MR) is 111 cm³/mol. The molecule has 0 aliphatic carbocycles. The Labute approximate surface area is 175 Å². The fourth-order valence-corrected chi connectivity index (χ4v) is 5.73. The van der Waals surface area contributed by atoms with Crippen LogP contribution in [0.25, 0.3) is 0 Å². The van der Waals surface area contributed by atoms with E-state index in [9.17, 15) is 23.3 Å². The zero-order valence-electron chi connectivity index (χ0n) is 17.2. The molecule has 2 heterocycles. The molecule has 0 amide bonds. The normalized spacial score (nSPS) is 21.5. The van der Waals surface area contributed by atoms with Gasteiger partial charge in [0, 0.05) is 36.6 Å². The molecule has 0 bridgehead atoms. The molecule has 2 aliphatic heterocycles. The molecule has 0 saturated heterocycles. The van der Waals surface area contributed by atoms with Gasteiger partial charge in [-0.15, -0.1) is 0 Å². The standard InChI is InChI=1S/C20H25N3O6S/c1-4-22-9-10-30(27,28)19-16(12-22)21-13(3)17(20(24)29-5-2)18(19)14-7-6-8-15(11-14)23(25)26/h6-8,11,18,21H,4-5,9-10,12H2,1-3H3. The summed E-state index contributed by atoms with van der Waals surface area (Å²) in [5.41, 5.74) is 1.34. The third kappa shape index (κ3) is 4.10. The molecule has 162 valence electrons. The van der Waals surface area contributed by atoms with Gasteiger partial charge in [0.25, 0.3) is 5.69 Å². The van der Waals surface area contributed by atoms with Crippen LogP contribution in [-0.4, -0.2) is 56.2 Å². The number of hydrogen-bond acceptors (Lipinski definition) is 8. The molecule has 1 N–H and O–H groups in total. The van der Waals surface area contributed by atoms with Crippen molar-refractivity contribution < 1.29 is 22.9 Å². The Morgan fingerprint density at radius 1 is 1.37 bits per heavy atom. The zero-order valence-corrected chi connectivity index (χ0v) is 18.0. The lowest BCUT2D eigenvalue weighted by atomic mass is 9.86. The van der Waals surface area contributed by atoms with Crippen LogP contribution in [0, 0.1) is 10.1 Å². The summed E-state index contributed by atoms with van der Waals surface area (Å²) in [4.78, 5) is 25.7. The second-order valence-electron chi connectivity index (χ2n) is 7.20. The van der Waals surface area contributed by atoms with Crippen LogP contribution in [0.5, 0.6) is 0 Å². The van der Waals surface area contributed by atoms with Gasteiger partial charge in [-0.25, -0.2) is 13.2 Å². The van der Waals surface area contributed by atoms with Gasteiger partial charge in [-0.2, -0.15) is 0 Å². The van der Waals surface area contributed by atoms with Crippen LogP contribution in [0.15, 0.2) is 46.1 Å². The highest BCUT2D eigenvalue weighted by molar-refractivity contribution is 7.95. The van der Waals surface area contributed by atoms with Crippen molar-refractivity contribution in [3.63, 3.8) is 0 Å². The Bertz CT molecular complexity index is 1040. The average molecular weight is 436 g/mol. The van der Waals surface area contributed by atoms with Crippen LogP contribution >= 0.6 is 0 Å². The first kappa shape index (κ1) is 22.0. The topological polar surface area (TPSA) is 119 Å². The largest absolute Gasteiger partial charge is 0.463 e. The molecule has 2 aliphatic rings. The monoisotopic (exact) mass is 435 g/mol. The Balaban J connectivity index is 2.27. The number of sulfone groups is 1. The number of ether oxygens (including phenoxy) is 1. The lowest BCUT2D eigenvalue weighted by molar-refractivity contribution is -0.384. The summed E-state index contributed by atoms with van der Waals surface area (Å²) in [6, 6.07) is 5.76. The summed E-state index contributed by atoms with van der Waals surface area (Å²) in [5, 5.41) is 14.4. The van der Waals surface area contributed by atoms with E-state index in [0.717, 1.165) is 0 Å². The second-order valence-corrected chi connectivity index (χ2v) is 9.28. The molecule has 0 fully saturated rings. The number of carbonyl (C=O) groups is 1. The molecular weight excluding hydrogens is 410 g/mol. The third-order valence-electron chi connectivity index (χ3n) is 5.34. The number of allylic oxidation sites excluding steroid dienone is 2. The van der Waals surface area contributed by atoms with Crippen molar-refractivity contribution in [2.24, 2.45) is 0 Å². The minimum Gasteiger partial charge on any atom is -0.463 e. The van der Waals surface area contributed by atoms with E-state index in [1.807, 2.05) is 11.8 Å². The number of rotatable bonds is 5. The Kier molecular flexibility index (Phi) is 6.27. The molecule has 1 aromatic carbocycles. The number of nitrogens with zero attached hydrogens (tertiary/aromatic N) is 2. The van der Waals surface area contributed by atoms with Crippen molar-refractivity contribution in [1.29, 1.82) is 0 Å². The fourth-order valence-electron chi connectivity index (χ4n) is 3.91. The number of non-ortho nitro benzene ring substituents is 1. The van der Waals surface area contributed by atoms with Gasteiger partial charge < -0.3 is 10.1 Å². The summed E-state index contributed by atoms with van der Waals surface area (Å²) >= 11 is 0. The third-order valence-corrected chi connectivity index (χ3v) is 7.21. The van der Waals surface area contributed by atoms with E-state index in [-0.39, 0.29) is 28.5 Å². The predicted octanol–water partition coefficient (Wildman–Crippen LogP) is 2.08. The highest BCUT2D eigenvalue weighted by Gasteiger charge is 2.42. The SMILES string of the molecule is CCOC(=O)C1=C(C)NC2=C(C1c1cccc([N+](=O)[O-])c1)S(=O)(=O)CCN(CC)C2. The summed E-state index contributed by atoms with van der Waals surface area (Å²) in [7, 11) is -3.73. The molecule has 3 rings (SSSR count). The first-order valence-electron chi connectivity index (χ1n) is 9.77. The maximum absolute atomic E-state index is 13.3. The molecule has 9 nitrogen and oxygen atoms in total. The highest BCUT2D eigenvalue weighted by Crippen LogP contribution is 2.43. The van der Waals surface area contributed by atoms with Gasteiger partial charge in [0.1, 0.15) is 0 Å². The second kappa shape index (κ2) is 8.57. The summed E-state index contributed by atoms with van der Waals surface area (Å²) < 4.78 is 31.8. The van der Waals surface area contributed by atoms with Gasteiger partial charge in [0.15, 0.2) is 9.84 Å². The first-order chi connectivity index (χ1) is 14.2. The number of nitrogens with one attached hydrogen (secondary N) is 1. The van der Waals surface area contributed by atoms with Crippen molar-refractivity contribution in [2.45, 2.75) is 26.7 Å². The van der Waals surface area contributed by atoms with E-state index in [4.69, 9.17) is 4.74 Å². The van der Waals surface area contributed by atoms with Gasteiger partial charge in [0.05, 0.1) is 33.7 Å². The van der Waals surface area contributed by atoms with Crippen LogP contribution in [0.2, 0.25) is 0 Å². The molecule has 1 aromatic rings. The maximum Gasteiger partial charge on any atom is 0.336 e. The average Bonchev–Trinajstić information content (AvgIpc) is 2.82. The number of dihydropyridines is 1. The van der Waals surface area contributed by atoms with Crippen molar-refractivity contribution in [2.75, 3.05) is 32.0 Å². The maximum atomic E-state index is 13.3. The summed E-state index contributed by atoms with van der Waals surface area (Å²) in [6.07, 6.45) is 0. The number of hydrogen-bond donors (Lipinski definition) is 1. The molecule has 0 aromatic heterocycles. The number of benzene rings is 1. The molecule has 0 spiro atoms. The van der Waals surface area contributed by atoms with Crippen molar-refractivity contribution in [1.82, 2.24) is 10.2 Å². The number of nitro groups is 1. The van der Waals surface area contributed by atoms with E-state index in [0.29, 0.717) is 36.6 Å². The Morgan fingerprint density at radius 3 is 2.73 bits per heavy atom. The fraction of sp³-hybridized carbons (Fsp3) is 0.450. The quantitative estimate of drug-likeness (QED) is 0.424. The summed E-state index contributed by atoms with van der Waals surface area (Å²) in [5.74, 6) is -1.71. The van der Waals surface area contributed by atoms with E-state index in [1.165, 1.54) is 18.2 Å². The van der Waals surface area contributed by atoms with E-state index >= 15 is 0 Å². The minimum atomic E-state index is -3.73. The molecule has 0 saturated carbocycles. The molecule has 0 radical (unpaired) electrons. The van der Waals surface area contributed by atoms with E-state index < -0.39 is 26.6 Å². The number of likely N-dealkylation sites (N-methyl/N-ethyl adjacent to an activating group) is 1. The molecule has 30 heavy (non-hydrogen) atoms. The van der Waals surface area contributed by atoms with E-state index in [2.05, 4.69) is 5.32 Å². The Morgan fingerprint density at radius 2 is 2.10 bits per heavy atom. The number of nitro benzene ring substituents is 1. The van der Waals surface area contributed by atoms with Crippen molar-refractivity contribution >= 4 is 21.5 Å². The zero-order chi connectivity index (χ0) is 22.1. The lowest BCUT2D eigenvalue weighted by Gasteiger charge is -2.31. The van der Waals surface area contributed by atoms with Gasteiger partial charge in [-0.05, 0) is 26.0 Å². The number of esters is 1. The van der Waals surface area contributed by atoms with Crippen LogP contribution in [-0.2, 0) is 19.4 Å². The molecular formula is C20H25N3O6S. The highest BCUT2D eigenvalue weighted by atomic mass is 32.2. The van der Waals surface area contributed by atoms with Crippen LogP contribution in [0.4, 0.5) is 5.69 Å². The lowest BCUT2D eigenvalue weighted by Crippen LogP contribution is -2.35. The van der Waals surface area contributed by atoms with Crippen LogP contribution in [0.3, 0.4) is 0 Å². The molecule has 1 unspecified atom stereocenters. The van der Waals surface area contributed by atoms with Crippen LogP contribution < -0.4 is 5.32 Å². The van der Waals surface area contributed by atoms with Gasteiger partial charge in [-0.1, -0.05) is 19.1 Å². The Hall–Kier alpha value is -2.72. The van der Waals surface area contributed by atoms with Crippen molar-refractivity contribution in [3.05, 3.63) is 61.8 Å². The van der Waals surface area contributed by atoms with Gasteiger partial charge in [-0.3, -0.25) is 15.0 Å². The van der Waals surface area contributed by atoms with Gasteiger partial charge in [0.2, 0.25) is 0 Å². The first-order valence-corrected chi connectivity index (χ1v) is 11.4. The molecule has 10 heteroatoms. The van der Waals surface area contributed by atoms with Crippen molar-refractivity contribution in [3.8, 4) is 0 Å². The van der Waals surface area contributed by atoms with Crippen LogP contribution in [0.1, 0.15) is 32.3 Å². The summed E-state index contributed by atoms with van der Waals surface area (Å²) in [6.45, 7) is 6.84. The molecule has 1 atom stereocenters. The van der Waals surface area contributed by atoms with E-state index in [1.54, 1.807) is 19.9 Å².